The van der Waals surface area contributed by atoms with Crippen molar-refractivity contribution in [3.8, 4) is 22.6 Å². The van der Waals surface area contributed by atoms with E-state index in [0.29, 0.717) is 0 Å². The van der Waals surface area contributed by atoms with Crippen LogP contribution in [0.25, 0.3) is 11.1 Å². The van der Waals surface area contributed by atoms with Crippen LogP contribution >= 0.6 is 0 Å². The summed E-state index contributed by atoms with van der Waals surface area (Å²) in [6.45, 7) is 6.73. The van der Waals surface area contributed by atoms with Crippen molar-refractivity contribution in [2.45, 2.75) is 20.8 Å². The lowest BCUT2D eigenvalue weighted by Gasteiger charge is -2.41. The van der Waals surface area contributed by atoms with Crippen LogP contribution in [0.15, 0.2) is 103 Å². The van der Waals surface area contributed by atoms with E-state index in [4.69, 9.17) is 4.74 Å². The Morgan fingerprint density at radius 1 is 0.611 bits per heavy atom. The monoisotopic (exact) mass is 463 g/mol. The number of fused-ring (bicyclic) bond motifs is 4. The Kier molecular flexibility index (Phi) is 4.62. The molecule has 5 aromatic carbocycles. The molecule has 0 spiro atoms. The number of hydrogen-bond acceptors (Lipinski definition) is 2. The first-order valence-electron chi connectivity index (χ1n) is 12.6. The highest BCUT2D eigenvalue weighted by Crippen LogP contribution is 2.45. The van der Waals surface area contributed by atoms with Crippen molar-refractivity contribution in [1.29, 1.82) is 0 Å². The molecule has 0 unspecified atom stereocenters. The largest absolute Gasteiger partial charge is 0.458 e. The average Bonchev–Trinajstić information content (AvgIpc) is 2.89. The van der Waals surface area contributed by atoms with E-state index in [9.17, 15) is 0 Å². The Morgan fingerprint density at radius 3 is 2.19 bits per heavy atom. The molecule has 36 heavy (non-hydrogen) atoms. The predicted octanol–water partition coefficient (Wildman–Crippen LogP) is 6.68. The van der Waals surface area contributed by atoms with Gasteiger partial charge >= 0.3 is 0 Å². The van der Waals surface area contributed by atoms with E-state index in [2.05, 4.69) is 129 Å². The molecule has 2 aliphatic rings. The fourth-order valence-corrected chi connectivity index (χ4v) is 6.14. The third kappa shape index (κ3) is 2.99. The zero-order chi connectivity index (χ0) is 24.4. The maximum Gasteiger partial charge on any atom is 0.256 e. The van der Waals surface area contributed by atoms with E-state index in [1.54, 1.807) is 0 Å². The van der Waals surface area contributed by atoms with Crippen LogP contribution in [0.5, 0.6) is 11.5 Å². The molecule has 172 valence electrons. The molecule has 0 aromatic heterocycles. The summed E-state index contributed by atoms with van der Waals surface area (Å²) >= 11 is 0. The minimum atomic E-state index is 0.111. The Hall–Kier alpha value is -4.24. The molecule has 0 atom stereocenters. The standard InChI is InChI=1S/C33H26BNO/c1-21-19-23(3)31-29(20-21)35(24-12-5-4-6-13-24)28-18-17-26(25-14-8-7-11-22(25)2)33-32(28)34(31)27-15-9-10-16-30(27)36-33/h4-20H,1-3H3. The van der Waals surface area contributed by atoms with E-state index >= 15 is 0 Å². The fourth-order valence-electron chi connectivity index (χ4n) is 6.14. The highest BCUT2D eigenvalue weighted by Gasteiger charge is 2.43. The smallest absolute Gasteiger partial charge is 0.256 e. The van der Waals surface area contributed by atoms with Crippen LogP contribution in [0.2, 0.25) is 0 Å². The molecular weight excluding hydrogens is 437 g/mol. The van der Waals surface area contributed by atoms with Gasteiger partial charge in [-0.3, -0.25) is 0 Å². The van der Waals surface area contributed by atoms with Gasteiger partial charge < -0.3 is 9.64 Å². The first-order chi connectivity index (χ1) is 17.6. The van der Waals surface area contributed by atoms with Gasteiger partial charge in [0.1, 0.15) is 11.5 Å². The Balaban J connectivity index is 1.61. The van der Waals surface area contributed by atoms with Gasteiger partial charge in [-0.25, -0.2) is 0 Å². The molecule has 2 heterocycles. The van der Waals surface area contributed by atoms with E-state index < -0.39 is 0 Å². The van der Waals surface area contributed by atoms with Crippen LogP contribution in [0.1, 0.15) is 16.7 Å². The zero-order valence-electron chi connectivity index (χ0n) is 20.7. The van der Waals surface area contributed by atoms with Gasteiger partial charge in [-0.1, -0.05) is 72.3 Å². The molecule has 5 aromatic rings. The second-order valence-corrected chi connectivity index (χ2v) is 9.95. The van der Waals surface area contributed by atoms with Crippen LogP contribution < -0.4 is 26.0 Å². The number of hydrogen-bond donors (Lipinski definition) is 0. The summed E-state index contributed by atoms with van der Waals surface area (Å²) in [4.78, 5) is 2.42. The van der Waals surface area contributed by atoms with Gasteiger partial charge in [-0.2, -0.15) is 0 Å². The van der Waals surface area contributed by atoms with Crippen LogP contribution in [0.3, 0.4) is 0 Å². The molecule has 0 fully saturated rings. The Bertz CT molecular complexity index is 1660. The van der Waals surface area contributed by atoms with Gasteiger partial charge in [-0.15, -0.1) is 0 Å². The van der Waals surface area contributed by atoms with Crippen molar-refractivity contribution in [2.75, 3.05) is 4.90 Å². The number of rotatable bonds is 2. The van der Waals surface area contributed by atoms with E-state index in [-0.39, 0.29) is 6.71 Å². The first-order valence-corrected chi connectivity index (χ1v) is 12.6. The number of para-hydroxylation sites is 2. The SMILES string of the molecule is Cc1cc(C)c2c(c1)N(c1ccccc1)c1ccc(-c3ccccc3C)c3c1B2c1ccccc1O3. The van der Waals surface area contributed by atoms with Crippen molar-refractivity contribution in [3.63, 3.8) is 0 Å². The highest BCUT2D eigenvalue weighted by molar-refractivity contribution is 6.99. The number of benzene rings is 5. The van der Waals surface area contributed by atoms with Crippen molar-refractivity contribution in [3.05, 3.63) is 120 Å². The lowest BCUT2D eigenvalue weighted by Crippen LogP contribution is -2.60. The van der Waals surface area contributed by atoms with Crippen molar-refractivity contribution < 1.29 is 4.74 Å². The van der Waals surface area contributed by atoms with E-state index in [0.717, 1.165) is 22.7 Å². The van der Waals surface area contributed by atoms with Crippen molar-refractivity contribution >= 4 is 40.2 Å². The second-order valence-electron chi connectivity index (χ2n) is 9.95. The minimum Gasteiger partial charge on any atom is -0.458 e. The van der Waals surface area contributed by atoms with Gasteiger partial charge in [0.05, 0.1) is 0 Å². The van der Waals surface area contributed by atoms with Crippen LogP contribution in [-0.4, -0.2) is 6.71 Å². The molecule has 0 saturated carbocycles. The summed E-state index contributed by atoms with van der Waals surface area (Å²) in [5, 5.41) is 0. The molecule has 0 bridgehead atoms. The van der Waals surface area contributed by atoms with Gasteiger partial charge in [0.15, 0.2) is 0 Å². The molecule has 7 rings (SSSR count). The quantitative estimate of drug-likeness (QED) is 0.265. The summed E-state index contributed by atoms with van der Waals surface area (Å²) in [6, 6.07) is 37.0. The maximum atomic E-state index is 6.80. The zero-order valence-corrected chi connectivity index (χ0v) is 20.7. The first kappa shape index (κ1) is 21.1. The summed E-state index contributed by atoms with van der Waals surface area (Å²) < 4.78 is 6.80. The minimum absolute atomic E-state index is 0.111. The number of nitrogens with zero attached hydrogens (tertiary/aromatic N) is 1. The summed E-state index contributed by atoms with van der Waals surface area (Å²) in [5.41, 5.74) is 13.6. The summed E-state index contributed by atoms with van der Waals surface area (Å²) in [7, 11) is 0. The topological polar surface area (TPSA) is 12.5 Å². The molecule has 2 nitrogen and oxygen atoms in total. The average molecular weight is 463 g/mol. The molecule has 0 radical (unpaired) electrons. The number of anilines is 3. The van der Waals surface area contributed by atoms with Gasteiger partial charge in [-0.05, 0) is 90.2 Å². The molecule has 0 amide bonds. The van der Waals surface area contributed by atoms with E-state index in [1.807, 2.05) is 0 Å². The third-order valence-corrected chi connectivity index (χ3v) is 7.63. The van der Waals surface area contributed by atoms with E-state index in [1.165, 1.54) is 50.0 Å². The Labute approximate surface area is 212 Å². The molecule has 0 saturated heterocycles. The Morgan fingerprint density at radius 2 is 1.36 bits per heavy atom. The third-order valence-electron chi connectivity index (χ3n) is 7.63. The van der Waals surface area contributed by atoms with Crippen LogP contribution in [0.4, 0.5) is 17.1 Å². The molecule has 0 aliphatic carbocycles. The maximum absolute atomic E-state index is 6.80. The van der Waals surface area contributed by atoms with Crippen LogP contribution in [0, 0.1) is 20.8 Å². The van der Waals surface area contributed by atoms with Gasteiger partial charge in [0, 0.05) is 22.6 Å². The second kappa shape index (κ2) is 7.89. The van der Waals surface area contributed by atoms with Gasteiger partial charge in [0.2, 0.25) is 0 Å². The van der Waals surface area contributed by atoms with Crippen LogP contribution in [-0.2, 0) is 0 Å². The lowest BCUT2D eigenvalue weighted by molar-refractivity contribution is 0.489. The summed E-state index contributed by atoms with van der Waals surface area (Å²) in [5.74, 6) is 1.91. The molecule has 2 aliphatic heterocycles. The highest BCUT2D eigenvalue weighted by atomic mass is 16.5. The lowest BCUT2D eigenvalue weighted by atomic mass is 9.33. The summed E-state index contributed by atoms with van der Waals surface area (Å²) in [6.07, 6.45) is 0. The van der Waals surface area contributed by atoms with Gasteiger partial charge in [0.25, 0.3) is 6.71 Å². The number of ether oxygens (including phenoxy) is 1. The van der Waals surface area contributed by atoms with Crippen molar-refractivity contribution in [1.82, 2.24) is 0 Å². The normalized spacial score (nSPS) is 13.0. The van der Waals surface area contributed by atoms with Crippen molar-refractivity contribution in [2.24, 2.45) is 0 Å². The molecule has 0 N–H and O–H groups in total. The molecular formula is C33H26BNO. The molecule has 3 heteroatoms. The predicted molar refractivity (Wildman–Crippen MR) is 152 cm³/mol. The number of aryl methyl sites for hydroxylation is 3. The fraction of sp³-hybridized carbons (Fsp3) is 0.0909.